The van der Waals surface area contributed by atoms with E-state index in [4.69, 9.17) is 100 Å². The molecule has 4 aromatic rings. The first-order valence-electron chi connectivity index (χ1n) is 25.9. The molecule has 0 aliphatic heterocycles. The average molecular weight is 1720 g/mol. The molecule has 0 aliphatic carbocycles. The number of aliphatic hydroxyl groups is 4. The van der Waals surface area contributed by atoms with Gasteiger partial charge in [0, 0.05) is 107 Å². The molecule has 0 aromatic heterocycles. The number of aliphatic hydroxyl groups excluding tert-OH is 4. The molecule has 0 fully saturated rings. The molecule has 0 heterocycles. The molecular formula is C56H90Dy2N8O24Zn2. The number of methoxy groups -OCH3 is 4. The van der Waals surface area contributed by atoms with E-state index in [0.717, 1.165) is 125 Å². The molecule has 0 bridgehead atoms. The number of carbonyl (C=O) groups excluding carboxylic acids is 2. The molecule has 0 amide bonds. The van der Waals surface area contributed by atoms with Crippen molar-refractivity contribution in [2.45, 2.75) is 53.9 Å². The molecule has 0 saturated carbocycles. The molecule has 522 valence electrons. The van der Waals surface area contributed by atoms with Crippen LogP contribution in [-0.4, -0.2) is 224 Å². The minimum absolute atomic E-state index is 0. The van der Waals surface area contributed by atoms with Crippen LogP contribution in [-0.2, 0) is 65.1 Å². The van der Waals surface area contributed by atoms with Crippen molar-refractivity contribution >= 4 is 12.3 Å². The van der Waals surface area contributed by atoms with E-state index < -0.39 is 22.5 Å². The van der Waals surface area contributed by atoms with Crippen molar-refractivity contribution in [2.75, 3.05) is 152 Å². The van der Waals surface area contributed by atoms with Crippen LogP contribution in [0.15, 0.2) is 48.5 Å². The zero-order valence-electron chi connectivity index (χ0n) is 55.7. The Morgan fingerprint density at radius 1 is 0.359 bits per heavy atom. The van der Waals surface area contributed by atoms with Gasteiger partial charge in [-0.3, -0.25) is 0 Å². The second-order valence-corrected chi connectivity index (χ2v) is 18.3. The van der Waals surface area contributed by atoms with Crippen molar-refractivity contribution in [3.8, 4) is 46.0 Å². The van der Waals surface area contributed by atoms with E-state index in [2.05, 4.69) is 43.5 Å². The maximum absolute atomic E-state index is 12.4. The molecule has 0 atom stereocenters. The summed E-state index contributed by atoms with van der Waals surface area (Å²) in [7, 11) is 22.4. The first kappa shape index (κ1) is 109. The molecule has 0 spiro atoms. The van der Waals surface area contributed by atoms with Gasteiger partial charge in [0.05, 0.1) is 38.6 Å². The van der Waals surface area contributed by atoms with Gasteiger partial charge in [-0.2, -0.15) is 0 Å². The predicted octanol–water partition coefficient (Wildman–Crippen LogP) is -3.02. The van der Waals surface area contributed by atoms with E-state index in [9.17, 15) is 20.4 Å². The Labute approximate surface area is 626 Å². The van der Waals surface area contributed by atoms with Crippen LogP contribution < -0.4 is 59.8 Å². The van der Waals surface area contributed by atoms with Gasteiger partial charge in [0.15, 0.2) is 0 Å². The number of rotatable bonds is 24. The third-order valence-electron chi connectivity index (χ3n) is 11.2. The van der Waals surface area contributed by atoms with Gasteiger partial charge in [-0.05, 0) is 151 Å². The fraction of sp³-hybridized carbons (Fsp3) is 0.536. The second kappa shape index (κ2) is 66.6. The molecule has 32 nitrogen and oxygen atoms in total. The molecule has 0 unspecified atom stereocenters. The largest absolute Gasteiger partial charge is 3.00 e. The molecule has 4 rings (SSSR count). The first-order chi connectivity index (χ1) is 41.2. The summed E-state index contributed by atoms with van der Waals surface area (Å²) in [4.78, 5) is 46.3. The van der Waals surface area contributed by atoms with Crippen LogP contribution in [0.3, 0.4) is 0 Å². The molecule has 36 heteroatoms. The molecule has 4 aromatic carbocycles. The number of nitrogens with zero attached hydrogens (tertiary/aromatic N) is 8. The van der Waals surface area contributed by atoms with Crippen molar-refractivity contribution in [1.82, 2.24) is 29.4 Å². The fourth-order valence-electron chi connectivity index (χ4n) is 7.40. The SMILES string of the molecule is CO.CO.CO.CO.COc1cc(C)cc(CN(C)CCN(C)CCN(C)Cc2cc(C)cc(OC)c2[O-])c1[O-].COc1cc(C)cc(CN(C)CCN(C)CCN(C)Cc2cc(C)cc(OC)c2[O-])c1[O-].O=C([O-])[O-].O=C([O-])[O-].O=[N+]([O-])[O-].O=[N+]([O-])[O-].[Dy+3].[Dy+3].[Zn+2].[Zn+2]. The van der Waals surface area contributed by atoms with Crippen molar-refractivity contribution < 1.29 is 215 Å². The van der Waals surface area contributed by atoms with Crippen LogP contribution in [0.1, 0.15) is 44.5 Å². The maximum Gasteiger partial charge on any atom is 3.00 e. The standard InChI is InChI=1S/2C25H39N3O4.2CH2O3.4CH4O.2Dy.2NO3.2Zn/c2*1-18-12-20(24(29)22(14-18)31-6)16-27(4)10-8-26(3)9-11-28(5)17-21-13-19(2)15-23(32-7)25(21)30;2*2-1(3)4;4*1-2;;;2*2-1(3)4;;/h2*12-15,29-30H,8-11,16-17H2,1-7H3;2*(H2,2,3,4);4*2H,1H3;;;;;;/q;;;;;;;;2*+3;2*-1;2*+2/p-8. The number of carbonyl (C=O) groups is 2. The number of aryl methyl sites for hydroxylation is 4. The van der Waals surface area contributed by atoms with Gasteiger partial charge in [0.25, 0.3) is 0 Å². The summed E-state index contributed by atoms with van der Waals surface area (Å²) in [5.74, 6) is 1.47. The number of hydrogen-bond acceptors (Lipinski definition) is 30. The minimum atomic E-state index is -2.33. The maximum atomic E-state index is 12.4. The van der Waals surface area contributed by atoms with E-state index in [1.54, 1.807) is 24.3 Å². The Morgan fingerprint density at radius 2 is 0.478 bits per heavy atom. The van der Waals surface area contributed by atoms with Crippen LogP contribution in [0.2, 0.25) is 0 Å². The number of likely N-dealkylation sites (N-methyl/N-ethyl adjacent to an activating group) is 6. The average Bonchev–Trinajstić information content (AvgIpc) is 3.35. The van der Waals surface area contributed by atoms with E-state index in [0.29, 0.717) is 49.2 Å². The van der Waals surface area contributed by atoms with Crippen LogP contribution in [0, 0.1) is 135 Å². The number of benzene rings is 4. The smallest absolute Gasteiger partial charge is 0.870 e. The summed E-state index contributed by atoms with van der Waals surface area (Å²) in [5.41, 5.74) is 7.13. The van der Waals surface area contributed by atoms with Gasteiger partial charge in [-0.1, -0.05) is 47.3 Å². The molecule has 0 aliphatic rings. The van der Waals surface area contributed by atoms with Gasteiger partial charge < -0.3 is 150 Å². The number of hydrogen-bond donors (Lipinski definition) is 4. The van der Waals surface area contributed by atoms with Crippen molar-refractivity contribution in [3.63, 3.8) is 0 Å². The zero-order chi connectivity index (χ0) is 70.0. The quantitative estimate of drug-likeness (QED) is 0.0308. The summed E-state index contributed by atoms with van der Waals surface area (Å²) < 4.78 is 20.8. The van der Waals surface area contributed by atoms with Crippen LogP contribution in [0.25, 0.3) is 0 Å². The third-order valence-corrected chi connectivity index (χ3v) is 11.2. The topological polar surface area (TPSA) is 488 Å². The van der Waals surface area contributed by atoms with E-state index >= 15 is 0 Å². The summed E-state index contributed by atoms with van der Waals surface area (Å²) in [5, 5.41) is 141. The van der Waals surface area contributed by atoms with Crippen LogP contribution in [0.5, 0.6) is 46.0 Å². The summed E-state index contributed by atoms with van der Waals surface area (Å²) in [6.45, 7) is 17.1. The number of carboxylic acid groups (broad SMARTS) is 4. The fourth-order valence-corrected chi connectivity index (χ4v) is 7.40. The molecule has 92 heavy (non-hydrogen) atoms. The van der Waals surface area contributed by atoms with Gasteiger partial charge in [0.2, 0.25) is 0 Å². The monoisotopic (exact) mass is 1710 g/mol. The van der Waals surface area contributed by atoms with E-state index in [1.807, 2.05) is 80.2 Å². The predicted molar refractivity (Wildman–Crippen MR) is 313 cm³/mol. The van der Waals surface area contributed by atoms with E-state index in [1.165, 1.54) is 28.4 Å². The first-order valence-corrected chi connectivity index (χ1v) is 25.9. The Balaban J connectivity index is -0.000000131. The Morgan fingerprint density at radius 3 is 0.598 bits per heavy atom. The van der Waals surface area contributed by atoms with Gasteiger partial charge in [0.1, 0.15) is 23.0 Å². The van der Waals surface area contributed by atoms with Gasteiger partial charge >= 0.3 is 115 Å². The zero-order valence-corrected chi connectivity index (χ0v) is 65.7. The Bertz CT molecular complexity index is 2190. The summed E-state index contributed by atoms with van der Waals surface area (Å²) >= 11 is 0. The molecule has 2 radical (unpaired) electrons. The Kier molecular flexibility index (Phi) is 79.0. The summed E-state index contributed by atoms with van der Waals surface area (Å²) in [6, 6.07) is 14.8. The number of ether oxygens (including phenoxy) is 4. The normalized spacial score (nSPS) is 9.35. The third kappa shape index (κ3) is 57.1. The van der Waals surface area contributed by atoms with Gasteiger partial charge in [-0.25, -0.2) is 0 Å². The van der Waals surface area contributed by atoms with E-state index in [-0.39, 0.29) is 138 Å². The molecule has 0 saturated heterocycles. The van der Waals surface area contributed by atoms with Crippen molar-refractivity contribution in [2.24, 2.45) is 0 Å². The van der Waals surface area contributed by atoms with Crippen LogP contribution >= 0.6 is 0 Å². The summed E-state index contributed by atoms with van der Waals surface area (Å²) in [6.07, 6.45) is -4.67. The van der Waals surface area contributed by atoms with Crippen molar-refractivity contribution in [3.05, 3.63) is 124 Å². The van der Waals surface area contributed by atoms with Crippen molar-refractivity contribution in [1.29, 1.82) is 0 Å². The minimum Gasteiger partial charge on any atom is -0.870 e. The molecular weight excluding hydrogens is 1620 g/mol. The van der Waals surface area contributed by atoms with Gasteiger partial charge in [-0.15, -0.1) is 0 Å². The Hall–Kier alpha value is -4.39. The van der Waals surface area contributed by atoms with Crippen LogP contribution in [0.4, 0.5) is 9.59 Å². The molecule has 4 N–H and O–H groups in total. The second-order valence-electron chi connectivity index (χ2n) is 18.3.